The van der Waals surface area contributed by atoms with Gasteiger partial charge in [0.15, 0.2) is 22.0 Å². The number of hydrogen-bond donors (Lipinski definition) is 2. The number of rotatable bonds is 9. The normalized spacial score (nSPS) is 19.8. The number of halogens is 6. The number of nitrogens with zero attached hydrogens (tertiary/aromatic N) is 2. The molecule has 2 aliphatic rings. The lowest BCUT2D eigenvalue weighted by molar-refractivity contribution is -0.198. The average molecular weight is 583 g/mol. The van der Waals surface area contributed by atoms with Crippen molar-refractivity contribution in [1.29, 1.82) is 0 Å². The van der Waals surface area contributed by atoms with E-state index in [0.717, 1.165) is 43.4 Å². The largest absolute Gasteiger partial charge is 0.484 e. The number of carbonyl (C=O) groups is 2. The third-order valence-corrected chi connectivity index (χ3v) is 7.13. The predicted molar refractivity (Wildman–Crippen MR) is 125 cm³/mol. The van der Waals surface area contributed by atoms with Crippen molar-refractivity contribution in [3.8, 4) is 5.75 Å². The molecule has 0 spiro atoms. The third kappa shape index (κ3) is 6.65. The number of sulfone groups is 1. The highest BCUT2D eigenvalue weighted by atomic mass is 32.2. The molecular weight excluding hydrogens is 558 g/mol. The van der Waals surface area contributed by atoms with Crippen LogP contribution in [0.4, 0.5) is 32.2 Å². The molecule has 9 nitrogen and oxygen atoms in total. The van der Waals surface area contributed by atoms with Crippen LogP contribution in [-0.4, -0.2) is 61.0 Å². The maximum absolute atomic E-state index is 14.6. The number of benzene rings is 1. The molecular formula is C23H24F6N4O5S. The van der Waals surface area contributed by atoms with Crippen molar-refractivity contribution in [3.05, 3.63) is 41.1 Å². The van der Waals surface area contributed by atoms with Crippen LogP contribution in [0.25, 0.3) is 0 Å². The van der Waals surface area contributed by atoms with Crippen LogP contribution in [0.1, 0.15) is 40.9 Å². The highest BCUT2D eigenvalue weighted by molar-refractivity contribution is 7.91. The smallest absolute Gasteiger partial charge is 0.422 e. The van der Waals surface area contributed by atoms with Crippen molar-refractivity contribution in [3.63, 3.8) is 0 Å². The van der Waals surface area contributed by atoms with Gasteiger partial charge < -0.3 is 15.4 Å². The van der Waals surface area contributed by atoms with Gasteiger partial charge in [0.2, 0.25) is 5.91 Å². The van der Waals surface area contributed by atoms with Crippen molar-refractivity contribution in [2.45, 2.75) is 50.1 Å². The number of nitrogens with one attached hydrogen (secondary N) is 2. The number of aryl methyl sites for hydroxylation is 1. The van der Waals surface area contributed by atoms with Crippen molar-refractivity contribution in [2.24, 2.45) is 5.92 Å². The standard InChI is InChI=1S/C23H24F6N4O5S/c1-39(36,37)11-17(34)30-19-18-16(32-33(19)9-8-13-2-3-13)10-21(23(27,28)29,31-20(18)35)14-4-6-15(7-5-14)38-12-22(24,25)26/h4-7,13H,2-3,8-12H2,1H3,(H,30,34)(H,31,35)/t21-/m0/s1. The van der Waals surface area contributed by atoms with Gasteiger partial charge >= 0.3 is 12.4 Å². The van der Waals surface area contributed by atoms with Crippen LogP contribution in [0.3, 0.4) is 0 Å². The van der Waals surface area contributed by atoms with E-state index in [2.05, 4.69) is 15.2 Å². The molecule has 0 bridgehead atoms. The topological polar surface area (TPSA) is 119 Å². The summed E-state index contributed by atoms with van der Waals surface area (Å²) in [6.07, 6.45) is -7.27. The SMILES string of the molecule is CS(=O)(=O)CC(=O)Nc1c2c(nn1CCC1CC1)C[C@](c1ccc(OCC(F)(F)F)cc1)(C(F)(F)F)NC2=O. The zero-order valence-electron chi connectivity index (χ0n) is 20.4. The van der Waals surface area contributed by atoms with E-state index in [1.807, 2.05) is 5.32 Å². The van der Waals surface area contributed by atoms with Gasteiger partial charge in [0.05, 0.1) is 5.69 Å². The van der Waals surface area contributed by atoms with E-state index in [1.165, 1.54) is 4.68 Å². The van der Waals surface area contributed by atoms with Gasteiger partial charge in [-0.2, -0.15) is 31.4 Å². The maximum Gasteiger partial charge on any atom is 0.422 e. The van der Waals surface area contributed by atoms with Gasteiger partial charge in [0.25, 0.3) is 5.91 Å². The van der Waals surface area contributed by atoms with E-state index in [0.29, 0.717) is 12.3 Å². The fraction of sp³-hybridized carbons (Fsp3) is 0.522. The average Bonchev–Trinajstić information content (AvgIpc) is 3.55. The molecule has 1 aliphatic heterocycles. The summed E-state index contributed by atoms with van der Waals surface area (Å²) in [7, 11) is -3.74. The lowest BCUT2D eigenvalue weighted by Gasteiger charge is -2.39. The van der Waals surface area contributed by atoms with E-state index in [9.17, 15) is 44.3 Å². The molecule has 2 heterocycles. The van der Waals surface area contributed by atoms with Crippen LogP contribution in [0, 0.1) is 5.92 Å². The Morgan fingerprint density at radius 2 is 1.82 bits per heavy atom. The highest BCUT2D eigenvalue weighted by Gasteiger charge is 2.60. The van der Waals surface area contributed by atoms with Crippen molar-refractivity contribution < 1.29 is 49.1 Å². The summed E-state index contributed by atoms with van der Waals surface area (Å²) in [4.78, 5) is 25.5. The summed E-state index contributed by atoms with van der Waals surface area (Å²) >= 11 is 0. The van der Waals surface area contributed by atoms with Gasteiger partial charge in [-0.15, -0.1) is 0 Å². The molecule has 2 aromatic rings. The summed E-state index contributed by atoms with van der Waals surface area (Å²) in [6.45, 7) is -1.47. The zero-order chi connectivity index (χ0) is 28.8. The Kier molecular flexibility index (Phi) is 7.38. The van der Waals surface area contributed by atoms with Gasteiger partial charge in [-0.1, -0.05) is 25.0 Å². The third-order valence-electron chi connectivity index (χ3n) is 6.34. The van der Waals surface area contributed by atoms with Gasteiger partial charge in [0, 0.05) is 19.2 Å². The van der Waals surface area contributed by atoms with Gasteiger partial charge in [-0.05, 0) is 30.0 Å². The first-order valence-electron chi connectivity index (χ1n) is 11.7. The molecule has 0 saturated heterocycles. The first-order chi connectivity index (χ1) is 18.0. The Hall–Kier alpha value is -3.30. The minimum Gasteiger partial charge on any atom is -0.484 e. The molecule has 214 valence electrons. The number of anilines is 1. The lowest BCUT2D eigenvalue weighted by Crippen LogP contribution is -2.60. The fourth-order valence-electron chi connectivity index (χ4n) is 4.34. The number of hydrogen-bond acceptors (Lipinski definition) is 6. The molecule has 1 atom stereocenters. The first kappa shape index (κ1) is 28.7. The number of carbonyl (C=O) groups excluding carboxylic acids is 2. The second-order valence-corrected chi connectivity index (χ2v) is 11.8. The van der Waals surface area contributed by atoms with Crippen LogP contribution in [0.15, 0.2) is 24.3 Å². The summed E-state index contributed by atoms with van der Waals surface area (Å²) in [5, 5.41) is 8.48. The van der Waals surface area contributed by atoms with E-state index in [4.69, 9.17) is 0 Å². The van der Waals surface area contributed by atoms with Crippen LogP contribution in [0.2, 0.25) is 0 Å². The second-order valence-electron chi connectivity index (χ2n) is 9.71. The second kappa shape index (κ2) is 10.0. The summed E-state index contributed by atoms with van der Waals surface area (Å²) < 4.78 is 110. The summed E-state index contributed by atoms with van der Waals surface area (Å²) in [5.74, 6) is -3.26. The van der Waals surface area contributed by atoms with Gasteiger partial charge in [-0.25, -0.2) is 13.1 Å². The fourth-order valence-corrected chi connectivity index (χ4v) is 4.89. The lowest BCUT2D eigenvalue weighted by atomic mass is 9.80. The predicted octanol–water partition coefficient (Wildman–Crippen LogP) is 3.35. The number of alkyl halides is 6. The number of amides is 2. The Bertz CT molecular complexity index is 1370. The molecule has 4 rings (SSSR count). The molecule has 1 aliphatic carbocycles. The Morgan fingerprint density at radius 3 is 2.36 bits per heavy atom. The Labute approximate surface area is 218 Å². The monoisotopic (exact) mass is 582 g/mol. The van der Waals surface area contributed by atoms with E-state index in [-0.39, 0.29) is 29.4 Å². The zero-order valence-corrected chi connectivity index (χ0v) is 21.3. The molecule has 1 aromatic carbocycles. The van der Waals surface area contributed by atoms with Crippen molar-refractivity contribution >= 4 is 27.5 Å². The van der Waals surface area contributed by atoms with Crippen molar-refractivity contribution in [2.75, 3.05) is 23.9 Å². The minimum absolute atomic E-state index is 0.170. The number of aromatic nitrogens is 2. The quantitative estimate of drug-likeness (QED) is 0.438. The number of fused-ring (bicyclic) bond motifs is 1. The molecule has 1 saturated carbocycles. The molecule has 0 unspecified atom stereocenters. The molecule has 2 N–H and O–H groups in total. The molecule has 39 heavy (non-hydrogen) atoms. The van der Waals surface area contributed by atoms with Crippen LogP contribution in [-0.2, 0) is 33.1 Å². The molecule has 1 fully saturated rings. The number of ether oxygens (including phenoxy) is 1. The maximum atomic E-state index is 14.6. The Morgan fingerprint density at radius 1 is 1.18 bits per heavy atom. The van der Waals surface area contributed by atoms with Crippen LogP contribution >= 0.6 is 0 Å². The van der Waals surface area contributed by atoms with Gasteiger partial charge in [-0.3, -0.25) is 9.59 Å². The molecule has 0 radical (unpaired) electrons. The molecule has 1 aromatic heterocycles. The van der Waals surface area contributed by atoms with Crippen molar-refractivity contribution in [1.82, 2.24) is 15.1 Å². The summed E-state index contributed by atoms with van der Waals surface area (Å²) in [5.41, 5.74) is -4.05. The van der Waals surface area contributed by atoms with Crippen LogP contribution in [0.5, 0.6) is 5.75 Å². The van der Waals surface area contributed by atoms with E-state index in [1.54, 1.807) is 0 Å². The van der Waals surface area contributed by atoms with E-state index < -0.39 is 63.9 Å². The van der Waals surface area contributed by atoms with E-state index >= 15 is 0 Å². The molecule has 2 amide bonds. The highest BCUT2D eigenvalue weighted by Crippen LogP contribution is 2.45. The van der Waals surface area contributed by atoms with Gasteiger partial charge in [0.1, 0.15) is 22.9 Å². The molecule has 16 heteroatoms. The van der Waals surface area contributed by atoms with Crippen LogP contribution < -0.4 is 15.4 Å². The summed E-state index contributed by atoms with van der Waals surface area (Å²) in [6, 6.07) is 3.68. The minimum atomic E-state index is -5.06. The first-order valence-corrected chi connectivity index (χ1v) is 13.8. The Balaban J connectivity index is 1.70.